The number of aryl methyl sites for hydroxylation is 1. The summed E-state index contributed by atoms with van der Waals surface area (Å²) in [6.07, 6.45) is 0. The Morgan fingerprint density at radius 3 is 3.00 bits per heavy atom. The monoisotopic (exact) mass is 242 g/mol. The SMILES string of the molecule is Cc1nsc(NC(=O)C2(C)COCC2N)n1. The number of rotatable bonds is 2. The van der Waals surface area contributed by atoms with E-state index in [0.29, 0.717) is 24.2 Å². The fourth-order valence-corrected chi connectivity index (χ4v) is 2.08. The van der Waals surface area contributed by atoms with E-state index in [1.165, 1.54) is 0 Å². The lowest BCUT2D eigenvalue weighted by atomic mass is 9.85. The van der Waals surface area contributed by atoms with E-state index in [9.17, 15) is 4.79 Å². The number of amides is 1. The van der Waals surface area contributed by atoms with E-state index < -0.39 is 5.41 Å². The number of nitrogens with two attached hydrogens (primary N) is 1. The van der Waals surface area contributed by atoms with Crippen molar-refractivity contribution in [3.8, 4) is 0 Å². The predicted molar refractivity (Wildman–Crippen MR) is 60.2 cm³/mol. The number of nitrogens with one attached hydrogen (secondary N) is 1. The minimum Gasteiger partial charge on any atom is -0.379 e. The molecule has 3 N–H and O–H groups in total. The van der Waals surface area contributed by atoms with Gasteiger partial charge in [-0.15, -0.1) is 0 Å². The Hall–Kier alpha value is -1.05. The Bertz CT molecular complexity index is 408. The van der Waals surface area contributed by atoms with Crippen LogP contribution in [0.4, 0.5) is 5.13 Å². The van der Waals surface area contributed by atoms with Crippen molar-refractivity contribution >= 4 is 22.6 Å². The lowest BCUT2D eigenvalue weighted by Gasteiger charge is -2.24. The van der Waals surface area contributed by atoms with Crippen LogP contribution in [0.1, 0.15) is 12.7 Å². The number of hydrogen-bond acceptors (Lipinski definition) is 6. The molecule has 1 amide bonds. The van der Waals surface area contributed by atoms with Crippen LogP contribution in [-0.4, -0.2) is 34.5 Å². The lowest BCUT2D eigenvalue weighted by Crippen LogP contribution is -2.47. The van der Waals surface area contributed by atoms with Crippen molar-refractivity contribution in [3.63, 3.8) is 0 Å². The van der Waals surface area contributed by atoms with Gasteiger partial charge in [0, 0.05) is 17.6 Å². The lowest BCUT2D eigenvalue weighted by molar-refractivity contribution is -0.125. The third kappa shape index (κ3) is 1.93. The molecule has 2 unspecified atom stereocenters. The molecular weight excluding hydrogens is 228 g/mol. The maximum absolute atomic E-state index is 12.0. The van der Waals surface area contributed by atoms with E-state index in [2.05, 4.69) is 14.7 Å². The molecule has 0 saturated carbocycles. The van der Waals surface area contributed by atoms with Gasteiger partial charge in [0.15, 0.2) is 0 Å². The fraction of sp³-hybridized carbons (Fsp3) is 0.667. The molecule has 1 aliphatic heterocycles. The van der Waals surface area contributed by atoms with E-state index >= 15 is 0 Å². The maximum Gasteiger partial charge on any atom is 0.236 e. The average Bonchev–Trinajstić information content (AvgIpc) is 2.76. The van der Waals surface area contributed by atoms with Crippen molar-refractivity contribution < 1.29 is 9.53 Å². The van der Waals surface area contributed by atoms with Crippen LogP contribution < -0.4 is 11.1 Å². The standard InChI is InChI=1S/C9H14N4O2S/c1-5-11-8(16-13-5)12-7(14)9(2)4-15-3-6(9)10/h6H,3-4,10H2,1-2H3,(H,11,12,13,14). The third-order valence-corrected chi connectivity index (χ3v) is 3.51. The summed E-state index contributed by atoms with van der Waals surface area (Å²) in [6.45, 7) is 4.34. The summed E-state index contributed by atoms with van der Waals surface area (Å²) in [5, 5.41) is 3.22. The summed E-state index contributed by atoms with van der Waals surface area (Å²) in [7, 11) is 0. The first-order valence-electron chi connectivity index (χ1n) is 4.97. The van der Waals surface area contributed by atoms with Crippen LogP contribution in [-0.2, 0) is 9.53 Å². The molecule has 0 aliphatic carbocycles. The maximum atomic E-state index is 12.0. The molecule has 1 aromatic heterocycles. The second-order valence-electron chi connectivity index (χ2n) is 4.14. The number of carbonyl (C=O) groups excluding carboxylic acids is 1. The first-order chi connectivity index (χ1) is 7.52. The Morgan fingerprint density at radius 1 is 1.75 bits per heavy atom. The number of aromatic nitrogens is 2. The molecule has 2 atom stereocenters. The molecule has 88 valence electrons. The highest BCUT2D eigenvalue weighted by atomic mass is 32.1. The number of hydrogen-bond donors (Lipinski definition) is 2. The van der Waals surface area contributed by atoms with E-state index in [1.54, 1.807) is 13.8 Å². The molecular formula is C9H14N4O2S. The van der Waals surface area contributed by atoms with Crippen LogP contribution in [0, 0.1) is 12.3 Å². The van der Waals surface area contributed by atoms with Gasteiger partial charge in [0.05, 0.1) is 18.6 Å². The van der Waals surface area contributed by atoms with Gasteiger partial charge in [0.25, 0.3) is 0 Å². The second-order valence-corrected chi connectivity index (χ2v) is 4.89. The number of nitrogens with zero attached hydrogens (tertiary/aromatic N) is 2. The van der Waals surface area contributed by atoms with E-state index in [-0.39, 0.29) is 11.9 Å². The quantitative estimate of drug-likeness (QED) is 0.770. The molecule has 1 saturated heterocycles. The molecule has 0 aromatic carbocycles. The largest absolute Gasteiger partial charge is 0.379 e. The molecule has 6 nitrogen and oxygen atoms in total. The third-order valence-electron chi connectivity index (χ3n) is 2.78. The summed E-state index contributed by atoms with van der Waals surface area (Å²) in [5.41, 5.74) is 5.17. The van der Waals surface area contributed by atoms with Gasteiger partial charge in [-0.3, -0.25) is 4.79 Å². The molecule has 1 aromatic rings. The predicted octanol–water partition coefficient (Wildman–Crippen LogP) is 0.149. The van der Waals surface area contributed by atoms with Gasteiger partial charge in [0.2, 0.25) is 11.0 Å². The Morgan fingerprint density at radius 2 is 2.50 bits per heavy atom. The van der Waals surface area contributed by atoms with Gasteiger partial charge >= 0.3 is 0 Å². The van der Waals surface area contributed by atoms with Crippen molar-refractivity contribution in [3.05, 3.63) is 5.82 Å². The molecule has 0 bridgehead atoms. The highest BCUT2D eigenvalue weighted by Gasteiger charge is 2.44. The van der Waals surface area contributed by atoms with Crippen molar-refractivity contribution in [1.82, 2.24) is 9.36 Å². The van der Waals surface area contributed by atoms with Crippen LogP contribution in [0.15, 0.2) is 0 Å². The second kappa shape index (κ2) is 4.08. The van der Waals surface area contributed by atoms with E-state index in [4.69, 9.17) is 10.5 Å². The summed E-state index contributed by atoms with van der Waals surface area (Å²) >= 11 is 1.16. The van der Waals surface area contributed by atoms with Gasteiger partial charge in [-0.1, -0.05) is 0 Å². The smallest absolute Gasteiger partial charge is 0.236 e. The summed E-state index contributed by atoms with van der Waals surface area (Å²) < 4.78 is 9.21. The zero-order valence-corrected chi connectivity index (χ0v) is 10.0. The van der Waals surface area contributed by atoms with Crippen molar-refractivity contribution in [2.75, 3.05) is 18.5 Å². The summed E-state index contributed by atoms with van der Waals surface area (Å²) in [4.78, 5) is 16.1. The van der Waals surface area contributed by atoms with Gasteiger partial charge < -0.3 is 15.8 Å². The number of ether oxygens (including phenoxy) is 1. The summed E-state index contributed by atoms with van der Waals surface area (Å²) in [6, 6.07) is -0.276. The van der Waals surface area contributed by atoms with Crippen molar-refractivity contribution in [2.45, 2.75) is 19.9 Å². The van der Waals surface area contributed by atoms with Gasteiger partial charge in [-0.2, -0.15) is 4.37 Å². The highest BCUT2D eigenvalue weighted by molar-refractivity contribution is 7.09. The van der Waals surface area contributed by atoms with Gasteiger partial charge in [-0.05, 0) is 13.8 Å². The Kier molecular flexibility index (Phi) is 2.92. The number of anilines is 1. The Balaban J connectivity index is 2.08. The Labute approximate surface area is 97.4 Å². The fourth-order valence-electron chi connectivity index (χ4n) is 1.51. The molecule has 7 heteroatoms. The molecule has 2 heterocycles. The van der Waals surface area contributed by atoms with Gasteiger partial charge in [0.1, 0.15) is 5.82 Å². The van der Waals surface area contributed by atoms with E-state index in [0.717, 1.165) is 11.5 Å². The van der Waals surface area contributed by atoms with Crippen LogP contribution in [0.3, 0.4) is 0 Å². The van der Waals surface area contributed by atoms with Crippen LogP contribution in [0.25, 0.3) is 0 Å². The molecule has 1 fully saturated rings. The minimum absolute atomic E-state index is 0.159. The molecule has 0 radical (unpaired) electrons. The normalized spacial score (nSPS) is 29.3. The van der Waals surface area contributed by atoms with Crippen LogP contribution >= 0.6 is 11.5 Å². The van der Waals surface area contributed by atoms with Gasteiger partial charge in [-0.25, -0.2) is 4.98 Å². The van der Waals surface area contributed by atoms with E-state index in [1.807, 2.05) is 0 Å². The average molecular weight is 242 g/mol. The minimum atomic E-state index is -0.681. The summed E-state index contributed by atoms with van der Waals surface area (Å²) in [5.74, 6) is 0.492. The van der Waals surface area contributed by atoms with Crippen LogP contribution in [0.5, 0.6) is 0 Å². The molecule has 2 rings (SSSR count). The first-order valence-corrected chi connectivity index (χ1v) is 5.75. The highest BCUT2D eigenvalue weighted by Crippen LogP contribution is 2.28. The topological polar surface area (TPSA) is 90.1 Å². The molecule has 1 aliphatic rings. The molecule has 16 heavy (non-hydrogen) atoms. The van der Waals surface area contributed by atoms with Crippen LogP contribution in [0.2, 0.25) is 0 Å². The molecule has 0 spiro atoms. The zero-order chi connectivity index (χ0) is 11.8. The zero-order valence-electron chi connectivity index (χ0n) is 9.19. The first kappa shape index (κ1) is 11.4. The number of carbonyl (C=O) groups is 1. The van der Waals surface area contributed by atoms with Crippen molar-refractivity contribution in [1.29, 1.82) is 0 Å². The van der Waals surface area contributed by atoms with Crippen molar-refractivity contribution in [2.24, 2.45) is 11.1 Å².